The SMILES string of the molecule is CCCCCCCCCCCCC(CCCCS)CCCCCCCCCC. The van der Waals surface area contributed by atoms with Gasteiger partial charge in [0.15, 0.2) is 0 Å². The second-order valence-electron chi connectivity index (χ2n) is 9.32. The Morgan fingerprint density at radius 1 is 0.393 bits per heavy atom. The van der Waals surface area contributed by atoms with Gasteiger partial charge in [-0.05, 0) is 18.1 Å². The second-order valence-corrected chi connectivity index (χ2v) is 9.77. The molecule has 0 aliphatic rings. The highest BCUT2D eigenvalue weighted by atomic mass is 32.1. The molecule has 1 unspecified atom stereocenters. The second kappa shape index (κ2) is 25.4. The first-order chi connectivity index (χ1) is 13.8. The predicted molar refractivity (Wildman–Crippen MR) is 135 cm³/mol. The quantitative estimate of drug-likeness (QED) is 0.118. The lowest BCUT2D eigenvalue weighted by atomic mass is 9.90. The van der Waals surface area contributed by atoms with Crippen LogP contribution in [0.15, 0.2) is 0 Å². The van der Waals surface area contributed by atoms with E-state index in [1.54, 1.807) is 0 Å². The van der Waals surface area contributed by atoms with Crippen LogP contribution < -0.4 is 0 Å². The third-order valence-electron chi connectivity index (χ3n) is 6.45. The molecular weight excluding hydrogens is 356 g/mol. The van der Waals surface area contributed by atoms with Gasteiger partial charge in [-0.2, -0.15) is 12.6 Å². The zero-order chi connectivity index (χ0) is 20.5. The van der Waals surface area contributed by atoms with E-state index < -0.39 is 0 Å². The van der Waals surface area contributed by atoms with Gasteiger partial charge in [-0.25, -0.2) is 0 Å². The van der Waals surface area contributed by atoms with Crippen molar-refractivity contribution in [1.29, 1.82) is 0 Å². The summed E-state index contributed by atoms with van der Waals surface area (Å²) in [6, 6.07) is 0. The molecule has 0 saturated carbocycles. The molecule has 0 aliphatic heterocycles. The van der Waals surface area contributed by atoms with Crippen molar-refractivity contribution in [3.63, 3.8) is 0 Å². The predicted octanol–water partition coefficient (Wildman–Crippen LogP) is 10.5. The third-order valence-corrected chi connectivity index (χ3v) is 6.77. The summed E-state index contributed by atoms with van der Waals surface area (Å²) in [5, 5.41) is 0. The van der Waals surface area contributed by atoms with Gasteiger partial charge in [-0.1, -0.05) is 155 Å². The van der Waals surface area contributed by atoms with Crippen molar-refractivity contribution >= 4 is 12.6 Å². The Hall–Kier alpha value is 0.350. The number of thiol groups is 1. The molecule has 1 heteroatoms. The zero-order valence-electron chi connectivity index (χ0n) is 20.0. The summed E-state index contributed by atoms with van der Waals surface area (Å²) in [6.07, 6.45) is 33.5. The lowest BCUT2D eigenvalue weighted by Gasteiger charge is -2.17. The summed E-state index contributed by atoms with van der Waals surface area (Å²) in [6.45, 7) is 4.61. The molecule has 0 aromatic rings. The fraction of sp³-hybridized carbons (Fsp3) is 1.00. The van der Waals surface area contributed by atoms with E-state index in [1.165, 1.54) is 148 Å². The average molecular weight is 413 g/mol. The van der Waals surface area contributed by atoms with Gasteiger partial charge >= 0.3 is 0 Å². The lowest BCUT2D eigenvalue weighted by molar-refractivity contribution is 0.371. The molecule has 0 aromatic heterocycles. The van der Waals surface area contributed by atoms with Crippen LogP contribution in [0.4, 0.5) is 0 Å². The molecule has 0 saturated heterocycles. The van der Waals surface area contributed by atoms with Crippen molar-refractivity contribution in [2.75, 3.05) is 5.75 Å². The molecular formula is C27H56S. The maximum atomic E-state index is 4.40. The monoisotopic (exact) mass is 412 g/mol. The Labute approximate surface area is 185 Å². The lowest BCUT2D eigenvalue weighted by Crippen LogP contribution is -2.02. The number of hydrogen-bond acceptors (Lipinski definition) is 1. The number of unbranched alkanes of at least 4 members (excludes halogenated alkanes) is 17. The molecule has 0 rings (SSSR count). The zero-order valence-corrected chi connectivity index (χ0v) is 20.9. The average Bonchev–Trinajstić information content (AvgIpc) is 2.71. The van der Waals surface area contributed by atoms with Crippen molar-refractivity contribution in [1.82, 2.24) is 0 Å². The van der Waals surface area contributed by atoms with Crippen molar-refractivity contribution in [3.05, 3.63) is 0 Å². The van der Waals surface area contributed by atoms with Gasteiger partial charge in [0, 0.05) is 0 Å². The van der Waals surface area contributed by atoms with Gasteiger partial charge in [0.2, 0.25) is 0 Å². The fourth-order valence-corrected chi connectivity index (χ4v) is 4.69. The van der Waals surface area contributed by atoms with Crippen LogP contribution in [0.25, 0.3) is 0 Å². The van der Waals surface area contributed by atoms with Gasteiger partial charge in [-0.3, -0.25) is 0 Å². The van der Waals surface area contributed by atoms with Crippen molar-refractivity contribution in [3.8, 4) is 0 Å². The summed E-state index contributed by atoms with van der Waals surface area (Å²) < 4.78 is 0. The standard InChI is InChI=1S/C27H56S/c1-3-5-7-9-11-13-14-16-18-20-24-27(25-21-22-26-28)23-19-17-15-12-10-8-6-4-2/h27-28H,3-26H2,1-2H3. The van der Waals surface area contributed by atoms with E-state index in [2.05, 4.69) is 26.5 Å². The molecule has 170 valence electrons. The van der Waals surface area contributed by atoms with E-state index in [0.29, 0.717) is 0 Å². The van der Waals surface area contributed by atoms with Gasteiger partial charge in [0.05, 0.1) is 0 Å². The first kappa shape index (κ1) is 28.4. The van der Waals surface area contributed by atoms with Crippen molar-refractivity contribution in [2.45, 2.75) is 162 Å². The van der Waals surface area contributed by atoms with Crippen molar-refractivity contribution < 1.29 is 0 Å². The van der Waals surface area contributed by atoms with Crippen LogP contribution in [-0.2, 0) is 0 Å². The van der Waals surface area contributed by atoms with Crippen LogP contribution in [-0.4, -0.2) is 5.75 Å². The highest BCUT2D eigenvalue weighted by Gasteiger charge is 2.08. The maximum absolute atomic E-state index is 4.40. The summed E-state index contributed by atoms with van der Waals surface area (Å²) in [7, 11) is 0. The van der Waals surface area contributed by atoms with E-state index in [9.17, 15) is 0 Å². The molecule has 0 amide bonds. The molecule has 0 heterocycles. The van der Waals surface area contributed by atoms with Crippen LogP contribution in [0.1, 0.15) is 162 Å². The van der Waals surface area contributed by atoms with Crippen LogP contribution in [0.3, 0.4) is 0 Å². The Balaban J connectivity index is 3.61. The Morgan fingerprint density at radius 3 is 1.00 bits per heavy atom. The third kappa shape index (κ3) is 22.6. The van der Waals surface area contributed by atoms with Crippen LogP contribution in [0, 0.1) is 5.92 Å². The normalized spacial score (nSPS) is 12.5. The number of rotatable bonds is 24. The Bertz CT molecular complexity index is 263. The Kier molecular flexibility index (Phi) is 25.7. The molecule has 0 aromatic carbocycles. The highest BCUT2D eigenvalue weighted by Crippen LogP contribution is 2.24. The molecule has 0 spiro atoms. The van der Waals surface area contributed by atoms with Gasteiger partial charge in [0.25, 0.3) is 0 Å². The molecule has 0 fully saturated rings. The van der Waals surface area contributed by atoms with Crippen molar-refractivity contribution in [2.24, 2.45) is 5.92 Å². The van der Waals surface area contributed by atoms with Gasteiger partial charge in [-0.15, -0.1) is 0 Å². The topological polar surface area (TPSA) is 0 Å². The minimum Gasteiger partial charge on any atom is -0.179 e. The minimum absolute atomic E-state index is 1.01. The van der Waals surface area contributed by atoms with E-state index in [1.807, 2.05) is 0 Å². The molecule has 28 heavy (non-hydrogen) atoms. The largest absolute Gasteiger partial charge is 0.179 e. The molecule has 0 nitrogen and oxygen atoms in total. The maximum Gasteiger partial charge on any atom is -0.00979 e. The van der Waals surface area contributed by atoms with Crippen LogP contribution in [0.2, 0.25) is 0 Å². The van der Waals surface area contributed by atoms with Crippen LogP contribution in [0.5, 0.6) is 0 Å². The molecule has 0 aliphatic carbocycles. The highest BCUT2D eigenvalue weighted by molar-refractivity contribution is 7.80. The molecule has 0 radical (unpaired) electrons. The number of hydrogen-bond donors (Lipinski definition) is 1. The first-order valence-corrected chi connectivity index (χ1v) is 14.1. The van der Waals surface area contributed by atoms with E-state index in [0.717, 1.165) is 11.7 Å². The minimum atomic E-state index is 1.01. The van der Waals surface area contributed by atoms with Gasteiger partial charge in [0.1, 0.15) is 0 Å². The Morgan fingerprint density at radius 2 is 0.679 bits per heavy atom. The summed E-state index contributed by atoms with van der Waals surface area (Å²) >= 11 is 4.40. The molecule has 1 atom stereocenters. The van der Waals surface area contributed by atoms with Gasteiger partial charge < -0.3 is 0 Å². The van der Waals surface area contributed by atoms with Crippen LogP contribution >= 0.6 is 12.6 Å². The summed E-state index contributed by atoms with van der Waals surface area (Å²) in [5.41, 5.74) is 0. The smallest absolute Gasteiger partial charge is 0.00979 e. The molecule has 0 bridgehead atoms. The molecule has 0 N–H and O–H groups in total. The summed E-state index contributed by atoms with van der Waals surface area (Å²) in [5.74, 6) is 2.08. The summed E-state index contributed by atoms with van der Waals surface area (Å²) in [4.78, 5) is 0. The fourth-order valence-electron chi connectivity index (χ4n) is 4.47. The van der Waals surface area contributed by atoms with E-state index >= 15 is 0 Å². The van der Waals surface area contributed by atoms with E-state index in [-0.39, 0.29) is 0 Å². The first-order valence-electron chi connectivity index (χ1n) is 13.5. The van der Waals surface area contributed by atoms with E-state index in [4.69, 9.17) is 0 Å².